The van der Waals surface area contributed by atoms with E-state index in [0.29, 0.717) is 33.2 Å². The third-order valence-electron chi connectivity index (χ3n) is 10.4. The van der Waals surface area contributed by atoms with Crippen LogP contribution in [-0.4, -0.2) is 0 Å². The molecule has 0 aliphatic heterocycles. The summed E-state index contributed by atoms with van der Waals surface area (Å²) in [5.74, 6) is 0. The van der Waals surface area contributed by atoms with Crippen LogP contribution in [0.25, 0.3) is 88.3 Å². The van der Waals surface area contributed by atoms with Gasteiger partial charge in [0.25, 0.3) is 0 Å². The molecule has 0 fully saturated rings. The lowest BCUT2D eigenvalue weighted by Crippen LogP contribution is -2.11. The molecule has 10 aromatic carbocycles. The van der Waals surface area contributed by atoms with Crippen LogP contribution in [0.15, 0.2) is 241 Å². The van der Waals surface area contributed by atoms with E-state index in [1.54, 1.807) is 48.5 Å². The molecule has 2 heteroatoms. The van der Waals surface area contributed by atoms with Gasteiger partial charge >= 0.3 is 0 Å². The second kappa shape index (κ2) is 15.1. The minimum absolute atomic E-state index is 0.0399. The molecule has 1 heterocycles. The zero-order chi connectivity index (χ0) is 54.6. The van der Waals surface area contributed by atoms with Crippen molar-refractivity contribution in [1.82, 2.24) is 0 Å². The fraction of sp³-hybridized carbons (Fsp3) is 0. The third-order valence-corrected chi connectivity index (χ3v) is 10.4. The number of rotatable bonds is 8. The molecule has 1 aromatic heterocycles. The van der Waals surface area contributed by atoms with Crippen LogP contribution in [0.1, 0.15) is 23.3 Å². The zero-order valence-electron chi connectivity index (χ0n) is 48.6. The van der Waals surface area contributed by atoms with Crippen LogP contribution < -0.4 is 4.90 Å². The maximum absolute atomic E-state index is 9.81. The topological polar surface area (TPSA) is 16.4 Å². The van der Waals surface area contributed by atoms with Crippen molar-refractivity contribution in [3.8, 4) is 55.6 Å². The first-order valence-corrected chi connectivity index (χ1v) is 19.1. The van der Waals surface area contributed by atoms with Crippen molar-refractivity contribution in [2.24, 2.45) is 0 Å². The molecule has 0 saturated carbocycles. The van der Waals surface area contributed by atoms with Gasteiger partial charge < -0.3 is 9.32 Å². The summed E-state index contributed by atoms with van der Waals surface area (Å²) in [5, 5.41) is 3.21. The summed E-state index contributed by atoms with van der Waals surface area (Å²) >= 11 is 0. The number of benzene rings is 10. The summed E-state index contributed by atoms with van der Waals surface area (Å²) in [7, 11) is 0. The lowest BCUT2D eigenvalue weighted by Gasteiger charge is -2.28. The Balaban J connectivity index is 1.19. The summed E-state index contributed by atoms with van der Waals surface area (Å²) in [6.07, 6.45) is 0. The number of hydrogen-bond acceptors (Lipinski definition) is 2. The van der Waals surface area contributed by atoms with E-state index < -0.39 is 136 Å². The molecular weight excluding hydrogens is 727 g/mol. The van der Waals surface area contributed by atoms with E-state index in [4.69, 9.17) is 14.0 Å². The van der Waals surface area contributed by atoms with Crippen molar-refractivity contribution < 1.29 is 27.7 Å². The Labute approximate surface area is 373 Å². The van der Waals surface area contributed by atoms with Gasteiger partial charge in [0, 0.05) is 33.1 Å². The molecule has 0 spiro atoms. The standard InChI is InChI=1S/C58H39NO/c1-3-13-40(14-4-1)42-25-27-43(28-26-42)44-29-34-49(35-30-44)59(50-36-31-45(32-37-50)48-19-11-18-47(39-48)41-15-5-2-6-16-41)55-23-10-9-21-52(55)53-22-12-24-56-57(53)54-38-33-46-17-7-8-20-51(46)58(54)60-56/h1-39H/i1D,3D,4D,13D,14D,25D,26D,27D,28D,29D,30D,31D,32D,34D,35D,36D,37D. The number of fused-ring (bicyclic) bond motifs is 5. The number of anilines is 3. The Morgan fingerprint density at radius 2 is 0.900 bits per heavy atom. The molecule has 0 saturated heterocycles. The lowest BCUT2D eigenvalue weighted by molar-refractivity contribution is 0.673. The first kappa shape index (κ1) is 21.7. The van der Waals surface area contributed by atoms with E-state index in [-0.39, 0.29) is 11.3 Å². The van der Waals surface area contributed by atoms with E-state index in [0.717, 1.165) is 32.2 Å². The SMILES string of the molecule is [2H]c1c([2H])c([2H])c(-c2c([2H])c([2H])c(-c3c([2H])c([2H])c(N(c4ccccc4-c4cccc5oc6c7ccccc7ccc6c45)c4c([2H])c([2H])c(-c5cccc(-c6ccccc6)c5)c([2H])c4[2H])c([2H])c3[2H])c([2H])c2[2H])c([2H])c1[2H]. The van der Waals surface area contributed by atoms with Crippen molar-refractivity contribution in [2.45, 2.75) is 0 Å². The van der Waals surface area contributed by atoms with Crippen molar-refractivity contribution in [3.05, 3.63) is 236 Å². The third kappa shape index (κ3) is 6.41. The molecule has 0 aliphatic carbocycles. The van der Waals surface area contributed by atoms with E-state index in [9.17, 15) is 13.7 Å². The highest BCUT2D eigenvalue weighted by molar-refractivity contribution is 6.19. The van der Waals surface area contributed by atoms with Gasteiger partial charge in [0.05, 0.1) is 29.0 Å². The molecule has 0 aliphatic rings. The summed E-state index contributed by atoms with van der Waals surface area (Å²) in [6, 6.07) is 27.3. The normalized spacial score (nSPS) is 15.3. The second-order valence-corrected chi connectivity index (χ2v) is 13.9. The summed E-state index contributed by atoms with van der Waals surface area (Å²) < 4.78 is 162. The van der Waals surface area contributed by atoms with Crippen molar-refractivity contribution in [3.63, 3.8) is 0 Å². The molecule has 0 N–H and O–H groups in total. The van der Waals surface area contributed by atoms with Crippen LogP contribution in [-0.2, 0) is 0 Å². The number of hydrogen-bond donors (Lipinski definition) is 0. The quantitative estimate of drug-likeness (QED) is 0.153. The highest BCUT2D eigenvalue weighted by Gasteiger charge is 2.21. The lowest BCUT2D eigenvalue weighted by atomic mass is 9.95. The molecule has 0 bridgehead atoms. The molecule has 0 atom stereocenters. The summed E-state index contributed by atoms with van der Waals surface area (Å²) in [6.45, 7) is 0. The summed E-state index contributed by atoms with van der Waals surface area (Å²) in [5.41, 5.74) is 0.551. The molecule has 11 aromatic rings. The van der Waals surface area contributed by atoms with Crippen LogP contribution in [0.2, 0.25) is 0 Å². The molecule has 282 valence electrons. The van der Waals surface area contributed by atoms with Gasteiger partial charge in [-0.15, -0.1) is 0 Å². The number of para-hydroxylation sites is 1. The number of furan rings is 1. The van der Waals surface area contributed by atoms with Gasteiger partial charge in [-0.05, 0) is 104 Å². The maximum Gasteiger partial charge on any atom is 0.143 e. The average Bonchev–Trinajstić information content (AvgIpc) is 3.86. The molecule has 0 radical (unpaired) electrons. The van der Waals surface area contributed by atoms with E-state index in [2.05, 4.69) is 0 Å². The van der Waals surface area contributed by atoms with E-state index in [1.165, 1.54) is 0 Å². The van der Waals surface area contributed by atoms with Crippen LogP contribution >= 0.6 is 0 Å². The van der Waals surface area contributed by atoms with Crippen LogP contribution in [0.3, 0.4) is 0 Å². The predicted molar refractivity (Wildman–Crippen MR) is 253 cm³/mol. The Bertz CT molecular complexity index is 4210. The molecule has 0 unspecified atom stereocenters. The molecular formula is C58H39NO. The van der Waals surface area contributed by atoms with Crippen molar-refractivity contribution in [2.75, 3.05) is 4.90 Å². The predicted octanol–water partition coefficient (Wildman–Crippen LogP) is 16.5. The fourth-order valence-electron chi connectivity index (χ4n) is 7.55. The Morgan fingerprint density at radius 3 is 1.62 bits per heavy atom. The minimum Gasteiger partial charge on any atom is -0.455 e. The Kier molecular flexibility index (Phi) is 5.46. The van der Waals surface area contributed by atoms with Gasteiger partial charge in [0.1, 0.15) is 11.2 Å². The second-order valence-electron chi connectivity index (χ2n) is 13.9. The van der Waals surface area contributed by atoms with Gasteiger partial charge in [-0.25, -0.2) is 0 Å². The molecule has 11 rings (SSSR count). The van der Waals surface area contributed by atoms with Crippen LogP contribution in [0, 0.1) is 0 Å². The Morgan fingerprint density at radius 1 is 0.367 bits per heavy atom. The van der Waals surface area contributed by atoms with Gasteiger partial charge in [-0.3, -0.25) is 0 Å². The number of nitrogens with zero attached hydrogens (tertiary/aromatic N) is 1. The van der Waals surface area contributed by atoms with Crippen molar-refractivity contribution >= 4 is 49.8 Å². The van der Waals surface area contributed by atoms with Gasteiger partial charge in [0.15, 0.2) is 0 Å². The minimum atomic E-state index is -0.886. The molecule has 2 nitrogen and oxygen atoms in total. The fourth-order valence-corrected chi connectivity index (χ4v) is 7.55. The maximum atomic E-state index is 9.81. The Hall–Kier alpha value is -7.94. The van der Waals surface area contributed by atoms with Crippen LogP contribution in [0.5, 0.6) is 0 Å². The van der Waals surface area contributed by atoms with Gasteiger partial charge in [0.2, 0.25) is 0 Å². The van der Waals surface area contributed by atoms with E-state index >= 15 is 0 Å². The largest absolute Gasteiger partial charge is 0.455 e. The zero-order valence-corrected chi connectivity index (χ0v) is 31.6. The summed E-state index contributed by atoms with van der Waals surface area (Å²) in [4.78, 5) is 1.16. The molecule has 0 amide bonds. The monoisotopic (exact) mass is 782 g/mol. The van der Waals surface area contributed by atoms with E-state index in [1.807, 2.05) is 84.9 Å². The van der Waals surface area contributed by atoms with Gasteiger partial charge in [-0.1, -0.05) is 188 Å². The average molecular weight is 783 g/mol. The highest BCUT2D eigenvalue weighted by atomic mass is 16.3. The van der Waals surface area contributed by atoms with Gasteiger partial charge in [-0.2, -0.15) is 0 Å². The van der Waals surface area contributed by atoms with Crippen molar-refractivity contribution in [1.29, 1.82) is 0 Å². The molecule has 60 heavy (non-hydrogen) atoms. The first-order valence-electron chi connectivity index (χ1n) is 27.6. The smallest absolute Gasteiger partial charge is 0.143 e. The van der Waals surface area contributed by atoms with Crippen LogP contribution in [0.4, 0.5) is 17.1 Å². The highest BCUT2D eigenvalue weighted by Crippen LogP contribution is 2.46. The first-order chi connectivity index (χ1) is 36.8.